The Labute approximate surface area is 88.7 Å². The van der Waals surface area contributed by atoms with Crippen molar-refractivity contribution in [2.45, 2.75) is 54.4 Å². The van der Waals surface area contributed by atoms with Gasteiger partial charge in [-0.2, -0.15) is 0 Å². The molecular formula is C12H25NO. The zero-order valence-electron chi connectivity index (χ0n) is 10.7. The van der Waals surface area contributed by atoms with Gasteiger partial charge in [0.15, 0.2) is 6.39 Å². The standard InChI is InChI=1S/C6H9NO.C4H10.C2H6/c1-5(2)6-3-8-4-7-6;1-4(2)3;1-2/h3-5H,1-2H3;4H,1-3H3;1-2H3. The summed E-state index contributed by atoms with van der Waals surface area (Å²) in [6.45, 7) is 14.7. The van der Waals surface area contributed by atoms with E-state index in [-0.39, 0.29) is 0 Å². The summed E-state index contributed by atoms with van der Waals surface area (Å²) in [5.41, 5.74) is 1.02. The highest BCUT2D eigenvalue weighted by Gasteiger charge is 1.98. The largest absolute Gasteiger partial charge is 0.451 e. The second kappa shape index (κ2) is 10.3. The first-order valence-electron chi connectivity index (χ1n) is 5.42. The van der Waals surface area contributed by atoms with E-state index in [1.165, 1.54) is 6.39 Å². The van der Waals surface area contributed by atoms with Crippen LogP contribution >= 0.6 is 0 Å². The third-order valence-electron chi connectivity index (χ3n) is 1.04. The summed E-state index contributed by atoms with van der Waals surface area (Å²) >= 11 is 0. The molecule has 0 aliphatic heterocycles. The number of nitrogens with zero attached hydrogens (tertiary/aromatic N) is 1. The number of aromatic nitrogens is 1. The van der Waals surface area contributed by atoms with E-state index in [0.717, 1.165) is 11.6 Å². The zero-order chi connectivity index (χ0) is 11.6. The molecule has 0 spiro atoms. The number of hydrogen-bond donors (Lipinski definition) is 0. The van der Waals surface area contributed by atoms with Gasteiger partial charge in [0.05, 0.1) is 5.69 Å². The van der Waals surface area contributed by atoms with E-state index in [1.54, 1.807) is 6.26 Å². The van der Waals surface area contributed by atoms with E-state index in [2.05, 4.69) is 39.6 Å². The van der Waals surface area contributed by atoms with Crippen LogP contribution in [0.2, 0.25) is 0 Å². The molecule has 0 aromatic carbocycles. The molecule has 1 aromatic rings. The van der Waals surface area contributed by atoms with Gasteiger partial charge in [0, 0.05) is 0 Å². The van der Waals surface area contributed by atoms with E-state index < -0.39 is 0 Å². The summed E-state index contributed by atoms with van der Waals surface area (Å²) < 4.78 is 4.76. The fraction of sp³-hybridized carbons (Fsp3) is 0.750. The topological polar surface area (TPSA) is 26.0 Å². The van der Waals surface area contributed by atoms with Crippen molar-refractivity contribution in [2.24, 2.45) is 5.92 Å². The van der Waals surface area contributed by atoms with E-state index in [4.69, 9.17) is 4.42 Å². The first-order valence-corrected chi connectivity index (χ1v) is 5.42. The maximum atomic E-state index is 4.76. The second-order valence-corrected chi connectivity index (χ2v) is 3.80. The van der Waals surface area contributed by atoms with Gasteiger partial charge in [0.1, 0.15) is 6.26 Å². The van der Waals surface area contributed by atoms with E-state index in [1.807, 2.05) is 13.8 Å². The van der Waals surface area contributed by atoms with Crippen molar-refractivity contribution in [3.05, 3.63) is 18.4 Å². The Morgan fingerprint density at radius 2 is 1.50 bits per heavy atom. The monoisotopic (exact) mass is 199 g/mol. The fourth-order valence-electron chi connectivity index (χ4n) is 0.507. The Morgan fingerprint density at radius 3 is 1.64 bits per heavy atom. The molecule has 84 valence electrons. The SMILES string of the molecule is CC.CC(C)C.CC(C)c1cocn1. The van der Waals surface area contributed by atoms with Crippen LogP contribution in [0.25, 0.3) is 0 Å². The molecule has 0 atom stereocenters. The summed E-state index contributed by atoms with van der Waals surface area (Å²) in [7, 11) is 0. The summed E-state index contributed by atoms with van der Waals surface area (Å²) in [4.78, 5) is 3.95. The van der Waals surface area contributed by atoms with Crippen molar-refractivity contribution >= 4 is 0 Å². The highest BCUT2D eigenvalue weighted by atomic mass is 16.3. The molecule has 14 heavy (non-hydrogen) atoms. The van der Waals surface area contributed by atoms with Crippen molar-refractivity contribution in [1.82, 2.24) is 4.98 Å². The predicted octanol–water partition coefficient (Wildman–Crippen LogP) is 4.49. The highest BCUT2D eigenvalue weighted by molar-refractivity contribution is 4.96. The van der Waals surface area contributed by atoms with Gasteiger partial charge >= 0.3 is 0 Å². The van der Waals surface area contributed by atoms with Crippen molar-refractivity contribution in [3.8, 4) is 0 Å². The molecule has 0 unspecified atom stereocenters. The Hall–Kier alpha value is -0.790. The van der Waals surface area contributed by atoms with Gasteiger partial charge < -0.3 is 4.42 Å². The van der Waals surface area contributed by atoms with E-state index >= 15 is 0 Å². The van der Waals surface area contributed by atoms with Crippen LogP contribution in [0.15, 0.2) is 17.1 Å². The lowest BCUT2D eigenvalue weighted by atomic mass is 10.2. The van der Waals surface area contributed by atoms with Crippen LogP contribution in [-0.2, 0) is 0 Å². The quantitative estimate of drug-likeness (QED) is 0.666. The zero-order valence-corrected chi connectivity index (χ0v) is 10.7. The van der Waals surface area contributed by atoms with Gasteiger partial charge in [0.25, 0.3) is 0 Å². The maximum Gasteiger partial charge on any atom is 0.180 e. The number of oxazole rings is 1. The molecule has 2 heteroatoms. The van der Waals surface area contributed by atoms with Crippen molar-refractivity contribution in [3.63, 3.8) is 0 Å². The molecule has 0 saturated heterocycles. The van der Waals surface area contributed by atoms with E-state index in [9.17, 15) is 0 Å². The van der Waals surface area contributed by atoms with Gasteiger partial charge in [-0.1, -0.05) is 48.5 Å². The minimum absolute atomic E-state index is 0.480. The average molecular weight is 199 g/mol. The molecule has 0 bridgehead atoms. The van der Waals surface area contributed by atoms with Crippen LogP contribution in [0.4, 0.5) is 0 Å². The smallest absolute Gasteiger partial charge is 0.180 e. The molecule has 0 radical (unpaired) electrons. The molecule has 0 amide bonds. The molecule has 0 fully saturated rings. The molecule has 0 aliphatic carbocycles. The number of hydrogen-bond acceptors (Lipinski definition) is 2. The molecule has 2 nitrogen and oxygen atoms in total. The maximum absolute atomic E-state index is 4.76. The van der Waals surface area contributed by atoms with Gasteiger partial charge in [-0.3, -0.25) is 0 Å². The van der Waals surface area contributed by atoms with Crippen LogP contribution in [0.1, 0.15) is 60.1 Å². The molecule has 1 heterocycles. The van der Waals surface area contributed by atoms with Crippen LogP contribution in [0, 0.1) is 5.92 Å². The molecule has 1 aromatic heterocycles. The molecular weight excluding hydrogens is 174 g/mol. The van der Waals surface area contributed by atoms with Gasteiger partial charge in [0.2, 0.25) is 0 Å². The normalized spacial score (nSPS) is 8.93. The lowest BCUT2D eigenvalue weighted by molar-refractivity contribution is 0.555. The molecule has 0 saturated carbocycles. The predicted molar refractivity (Wildman–Crippen MR) is 62.5 cm³/mol. The minimum atomic E-state index is 0.480. The summed E-state index contributed by atoms with van der Waals surface area (Å²) in [5, 5.41) is 0. The minimum Gasteiger partial charge on any atom is -0.451 e. The third-order valence-corrected chi connectivity index (χ3v) is 1.04. The van der Waals surface area contributed by atoms with Crippen molar-refractivity contribution < 1.29 is 4.42 Å². The Bertz CT molecular complexity index is 175. The fourth-order valence-corrected chi connectivity index (χ4v) is 0.507. The van der Waals surface area contributed by atoms with Crippen LogP contribution < -0.4 is 0 Å². The lowest BCUT2D eigenvalue weighted by Crippen LogP contribution is -1.83. The lowest BCUT2D eigenvalue weighted by Gasteiger charge is -1.92. The molecule has 1 rings (SSSR count). The van der Waals surface area contributed by atoms with Gasteiger partial charge in [-0.15, -0.1) is 0 Å². The first kappa shape index (κ1) is 15.7. The van der Waals surface area contributed by atoms with Gasteiger partial charge in [-0.25, -0.2) is 4.98 Å². The highest BCUT2D eigenvalue weighted by Crippen LogP contribution is 2.09. The third kappa shape index (κ3) is 11.2. The average Bonchev–Trinajstić information content (AvgIpc) is 2.58. The summed E-state index contributed by atoms with van der Waals surface area (Å²) in [6.07, 6.45) is 3.12. The van der Waals surface area contributed by atoms with Crippen LogP contribution in [0.5, 0.6) is 0 Å². The summed E-state index contributed by atoms with van der Waals surface area (Å²) in [5.74, 6) is 1.31. The Morgan fingerprint density at radius 1 is 1.07 bits per heavy atom. The van der Waals surface area contributed by atoms with Crippen LogP contribution in [0.3, 0.4) is 0 Å². The van der Waals surface area contributed by atoms with Crippen LogP contribution in [-0.4, -0.2) is 4.98 Å². The number of rotatable bonds is 1. The van der Waals surface area contributed by atoms with E-state index in [0.29, 0.717) is 5.92 Å². The molecule has 0 N–H and O–H groups in total. The Balaban J connectivity index is 0. The van der Waals surface area contributed by atoms with Crippen molar-refractivity contribution in [2.75, 3.05) is 0 Å². The summed E-state index contributed by atoms with van der Waals surface area (Å²) in [6, 6.07) is 0. The Kier molecular flexibility index (Phi) is 11.5. The van der Waals surface area contributed by atoms with Gasteiger partial charge in [-0.05, 0) is 11.8 Å². The first-order chi connectivity index (χ1) is 6.54. The van der Waals surface area contributed by atoms with Crippen molar-refractivity contribution in [1.29, 1.82) is 0 Å². The molecule has 0 aliphatic rings. The second-order valence-electron chi connectivity index (χ2n) is 3.80.